The zero-order valence-corrected chi connectivity index (χ0v) is 7.07. The summed E-state index contributed by atoms with van der Waals surface area (Å²) >= 11 is 4.57. The number of carbonyl (C=O) groups excluding carboxylic acids is 1. The van der Waals surface area contributed by atoms with E-state index in [2.05, 4.69) is 12.2 Å². The molecule has 2 N–H and O–H groups in total. The SMILES string of the molecule is CCN(C)C(=O)CC(N)=S. The van der Waals surface area contributed by atoms with Gasteiger partial charge in [-0.2, -0.15) is 0 Å². The summed E-state index contributed by atoms with van der Waals surface area (Å²) in [5, 5.41) is 0. The Kier molecular flexibility index (Phi) is 3.95. The number of hydrogen-bond acceptors (Lipinski definition) is 2. The third-order valence-corrected chi connectivity index (χ3v) is 1.37. The molecule has 1 amide bonds. The van der Waals surface area contributed by atoms with Crippen molar-refractivity contribution < 1.29 is 4.79 Å². The maximum Gasteiger partial charge on any atom is 0.229 e. The van der Waals surface area contributed by atoms with Gasteiger partial charge in [-0.05, 0) is 6.92 Å². The Morgan fingerprint density at radius 3 is 2.50 bits per heavy atom. The Morgan fingerprint density at radius 1 is 1.70 bits per heavy atom. The molecule has 0 fully saturated rings. The minimum Gasteiger partial charge on any atom is -0.393 e. The third-order valence-electron chi connectivity index (χ3n) is 1.23. The molecule has 0 aromatic rings. The molecule has 10 heavy (non-hydrogen) atoms. The molecular weight excluding hydrogens is 148 g/mol. The van der Waals surface area contributed by atoms with Gasteiger partial charge in [0.15, 0.2) is 0 Å². The van der Waals surface area contributed by atoms with Crippen LogP contribution in [0.1, 0.15) is 13.3 Å². The molecule has 3 nitrogen and oxygen atoms in total. The van der Waals surface area contributed by atoms with Gasteiger partial charge < -0.3 is 10.6 Å². The van der Waals surface area contributed by atoms with Crippen LogP contribution in [0.25, 0.3) is 0 Å². The van der Waals surface area contributed by atoms with Crippen molar-refractivity contribution in [3.63, 3.8) is 0 Å². The number of rotatable bonds is 3. The van der Waals surface area contributed by atoms with Crippen molar-refractivity contribution in [1.29, 1.82) is 0 Å². The standard InChI is InChI=1S/C6H12N2OS/c1-3-8(2)6(9)4-5(7)10/h3-4H2,1-2H3,(H2,7,10). The summed E-state index contributed by atoms with van der Waals surface area (Å²) in [6, 6.07) is 0. The second kappa shape index (κ2) is 4.22. The first-order valence-electron chi connectivity index (χ1n) is 3.10. The monoisotopic (exact) mass is 160 g/mol. The van der Waals surface area contributed by atoms with Crippen LogP contribution in [0.4, 0.5) is 0 Å². The van der Waals surface area contributed by atoms with Crippen LogP contribution in [0.3, 0.4) is 0 Å². The highest BCUT2D eigenvalue weighted by molar-refractivity contribution is 7.80. The second-order valence-corrected chi connectivity index (χ2v) is 2.58. The first-order chi connectivity index (χ1) is 4.57. The van der Waals surface area contributed by atoms with Crippen molar-refractivity contribution in [2.45, 2.75) is 13.3 Å². The molecule has 0 bridgehead atoms. The molecule has 0 saturated carbocycles. The van der Waals surface area contributed by atoms with Crippen LogP contribution in [-0.2, 0) is 4.79 Å². The average molecular weight is 160 g/mol. The van der Waals surface area contributed by atoms with E-state index in [4.69, 9.17) is 5.73 Å². The molecule has 0 radical (unpaired) electrons. The van der Waals surface area contributed by atoms with Gasteiger partial charge in [-0.15, -0.1) is 0 Å². The van der Waals surface area contributed by atoms with Gasteiger partial charge in [0.1, 0.15) is 0 Å². The van der Waals surface area contributed by atoms with Gasteiger partial charge in [-0.1, -0.05) is 12.2 Å². The normalized spacial score (nSPS) is 9.00. The van der Waals surface area contributed by atoms with Gasteiger partial charge in [-0.3, -0.25) is 4.79 Å². The Bertz CT molecular complexity index is 147. The van der Waals surface area contributed by atoms with Crippen LogP contribution in [0.15, 0.2) is 0 Å². The lowest BCUT2D eigenvalue weighted by Crippen LogP contribution is -2.29. The molecule has 0 spiro atoms. The van der Waals surface area contributed by atoms with E-state index in [0.717, 1.165) is 0 Å². The summed E-state index contributed by atoms with van der Waals surface area (Å²) in [4.78, 5) is 12.8. The van der Waals surface area contributed by atoms with Crippen LogP contribution in [-0.4, -0.2) is 29.4 Å². The van der Waals surface area contributed by atoms with E-state index in [0.29, 0.717) is 6.54 Å². The molecule has 0 aromatic carbocycles. The first kappa shape index (κ1) is 9.36. The molecule has 0 aliphatic heterocycles. The van der Waals surface area contributed by atoms with E-state index in [9.17, 15) is 4.79 Å². The second-order valence-electron chi connectivity index (χ2n) is 2.05. The summed E-state index contributed by atoms with van der Waals surface area (Å²) < 4.78 is 0. The fourth-order valence-electron chi connectivity index (χ4n) is 0.460. The topological polar surface area (TPSA) is 46.3 Å². The van der Waals surface area contributed by atoms with Crippen LogP contribution < -0.4 is 5.73 Å². The van der Waals surface area contributed by atoms with Gasteiger partial charge in [0.2, 0.25) is 5.91 Å². The van der Waals surface area contributed by atoms with Gasteiger partial charge in [0.25, 0.3) is 0 Å². The Balaban J connectivity index is 3.73. The van der Waals surface area contributed by atoms with Crippen molar-refractivity contribution in [1.82, 2.24) is 4.90 Å². The quantitative estimate of drug-likeness (QED) is 0.597. The Hall–Kier alpha value is -0.640. The van der Waals surface area contributed by atoms with Crippen LogP contribution in [0, 0.1) is 0 Å². The number of amides is 1. The van der Waals surface area contributed by atoms with Gasteiger partial charge in [0.05, 0.1) is 11.4 Å². The van der Waals surface area contributed by atoms with E-state index >= 15 is 0 Å². The number of carbonyl (C=O) groups is 1. The fourth-order valence-corrected chi connectivity index (χ4v) is 0.584. The molecule has 0 atom stereocenters. The average Bonchev–Trinajstić information content (AvgIpc) is 1.85. The minimum atomic E-state index is -0.0185. The van der Waals surface area contributed by atoms with E-state index < -0.39 is 0 Å². The first-order valence-corrected chi connectivity index (χ1v) is 3.51. The fraction of sp³-hybridized carbons (Fsp3) is 0.667. The van der Waals surface area contributed by atoms with Crippen molar-refractivity contribution in [3.05, 3.63) is 0 Å². The van der Waals surface area contributed by atoms with Crippen molar-refractivity contribution in [3.8, 4) is 0 Å². The molecule has 0 rings (SSSR count). The lowest BCUT2D eigenvalue weighted by Gasteiger charge is -2.12. The zero-order chi connectivity index (χ0) is 8.15. The predicted molar refractivity (Wildman–Crippen MR) is 44.7 cm³/mol. The van der Waals surface area contributed by atoms with Crippen LogP contribution in [0.2, 0.25) is 0 Å². The molecule has 0 aliphatic carbocycles. The van der Waals surface area contributed by atoms with Crippen molar-refractivity contribution in [2.24, 2.45) is 5.73 Å². The molecular formula is C6H12N2OS. The van der Waals surface area contributed by atoms with Gasteiger partial charge >= 0.3 is 0 Å². The Labute approximate surface area is 66.2 Å². The predicted octanol–water partition coefficient (Wildman–Crippen LogP) is 0.141. The number of nitrogens with zero attached hydrogens (tertiary/aromatic N) is 1. The number of hydrogen-bond donors (Lipinski definition) is 1. The highest BCUT2D eigenvalue weighted by atomic mass is 32.1. The maximum atomic E-state index is 10.9. The molecule has 58 valence electrons. The van der Waals surface area contributed by atoms with Crippen molar-refractivity contribution >= 4 is 23.1 Å². The summed E-state index contributed by atoms with van der Waals surface area (Å²) in [5.41, 5.74) is 5.17. The summed E-state index contributed by atoms with van der Waals surface area (Å²) in [6.07, 6.45) is 0.180. The van der Waals surface area contributed by atoms with Gasteiger partial charge in [-0.25, -0.2) is 0 Å². The molecule has 0 aromatic heterocycles. The lowest BCUT2D eigenvalue weighted by molar-refractivity contribution is -0.128. The summed E-state index contributed by atoms with van der Waals surface area (Å²) in [6.45, 7) is 2.60. The molecule has 4 heteroatoms. The number of nitrogens with two attached hydrogens (primary N) is 1. The van der Waals surface area contributed by atoms with Crippen LogP contribution in [0.5, 0.6) is 0 Å². The highest BCUT2D eigenvalue weighted by Crippen LogP contribution is 1.89. The summed E-state index contributed by atoms with van der Waals surface area (Å²) in [7, 11) is 1.72. The largest absolute Gasteiger partial charge is 0.393 e. The molecule has 0 unspecified atom stereocenters. The number of thiocarbonyl (C=S) groups is 1. The Morgan fingerprint density at radius 2 is 2.20 bits per heavy atom. The molecule has 0 heterocycles. The maximum absolute atomic E-state index is 10.9. The lowest BCUT2D eigenvalue weighted by atomic mass is 10.4. The van der Waals surface area contributed by atoms with E-state index in [-0.39, 0.29) is 17.3 Å². The smallest absolute Gasteiger partial charge is 0.229 e. The zero-order valence-electron chi connectivity index (χ0n) is 6.26. The van der Waals surface area contributed by atoms with Crippen molar-refractivity contribution in [2.75, 3.05) is 13.6 Å². The van der Waals surface area contributed by atoms with E-state index in [1.807, 2.05) is 6.92 Å². The molecule has 0 aliphatic rings. The minimum absolute atomic E-state index is 0.0185. The van der Waals surface area contributed by atoms with Crippen LogP contribution >= 0.6 is 12.2 Å². The van der Waals surface area contributed by atoms with Gasteiger partial charge in [0, 0.05) is 13.6 Å². The van der Waals surface area contributed by atoms with E-state index in [1.165, 1.54) is 0 Å². The highest BCUT2D eigenvalue weighted by Gasteiger charge is 2.06. The molecule has 0 saturated heterocycles. The van der Waals surface area contributed by atoms with E-state index in [1.54, 1.807) is 11.9 Å². The third kappa shape index (κ3) is 3.40. The summed E-state index contributed by atoms with van der Waals surface area (Å²) in [5.74, 6) is -0.0185.